The Kier molecular flexibility index (Phi) is 3.57. The highest BCUT2D eigenvalue weighted by Crippen LogP contribution is 2.32. The van der Waals surface area contributed by atoms with Gasteiger partial charge in [-0.25, -0.2) is 0 Å². The number of nitrogens with one attached hydrogen (secondary N) is 1. The zero-order chi connectivity index (χ0) is 14.8. The fourth-order valence-corrected chi connectivity index (χ4v) is 2.49. The molecule has 0 aliphatic rings. The molecule has 6 nitrogen and oxygen atoms in total. The van der Waals surface area contributed by atoms with Crippen LogP contribution in [-0.4, -0.2) is 34.0 Å². The van der Waals surface area contributed by atoms with Crippen LogP contribution in [0.3, 0.4) is 0 Å². The van der Waals surface area contributed by atoms with Gasteiger partial charge in [-0.3, -0.25) is 0 Å². The minimum atomic E-state index is 0.544. The van der Waals surface area contributed by atoms with Gasteiger partial charge in [-0.2, -0.15) is 10.2 Å². The molecule has 0 radical (unpaired) electrons. The first kappa shape index (κ1) is 13.6. The number of imidazole rings is 1. The van der Waals surface area contributed by atoms with E-state index in [-0.39, 0.29) is 0 Å². The summed E-state index contributed by atoms with van der Waals surface area (Å²) in [5.74, 6) is 1.32. The van der Waals surface area contributed by atoms with E-state index in [9.17, 15) is 0 Å². The summed E-state index contributed by atoms with van der Waals surface area (Å²) >= 11 is 5.39. The van der Waals surface area contributed by atoms with Gasteiger partial charge in [0.15, 0.2) is 16.3 Å². The van der Waals surface area contributed by atoms with Crippen LogP contribution in [-0.2, 0) is 6.54 Å². The van der Waals surface area contributed by atoms with Crippen LogP contribution >= 0.6 is 12.2 Å². The summed E-state index contributed by atoms with van der Waals surface area (Å²) < 4.78 is 13.2. The highest BCUT2D eigenvalue weighted by molar-refractivity contribution is 7.71. The number of fused-ring (bicyclic) bond motifs is 1. The number of H-pyrrole nitrogens is 1. The van der Waals surface area contributed by atoms with Gasteiger partial charge in [0.1, 0.15) is 0 Å². The maximum Gasteiger partial charge on any atom is 0.178 e. The Morgan fingerprint density at radius 2 is 2.00 bits per heavy atom. The Hall–Kier alpha value is -2.41. The van der Waals surface area contributed by atoms with E-state index >= 15 is 0 Å². The van der Waals surface area contributed by atoms with Crippen molar-refractivity contribution in [2.24, 2.45) is 0 Å². The van der Waals surface area contributed by atoms with E-state index in [0.717, 1.165) is 16.7 Å². The van der Waals surface area contributed by atoms with Crippen molar-refractivity contribution in [1.82, 2.24) is 19.7 Å². The molecule has 2 aromatic heterocycles. The molecule has 21 heavy (non-hydrogen) atoms. The zero-order valence-corrected chi connectivity index (χ0v) is 12.5. The van der Waals surface area contributed by atoms with Gasteiger partial charge >= 0.3 is 0 Å². The van der Waals surface area contributed by atoms with E-state index < -0.39 is 0 Å². The molecule has 2 heterocycles. The third-order valence-corrected chi connectivity index (χ3v) is 3.55. The van der Waals surface area contributed by atoms with Crippen LogP contribution in [0.1, 0.15) is 5.69 Å². The van der Waals surface area contributed by atoms with Crippen LogP contribution in [0.2, 0.25) is 0 Å². The van der Waals surface area contributed by atoms with E-state index in [2.05, 4.69) is 15.2 Å². The van der Waals surface area contributed by atoms with Gasteiger partial charge in [0.2, 0.25) is 0 Å². The molecule has 0 spiro atoms. The number of rotatable bonds is 4. The molecular formula is C14H14N4O2S. The fourth-order valence-electron chi connectivity index (χ4n) is 2.22. The topological polar surface area (TPSA) is 65.0 Å². The molecule has 1 aromatic carbocycles. The van der Waals surface area contributed by atoms with E-state index in [1.165, 1.54) is 0 Å². The maximum absolute atomic E-state index is 5.39. The highest BCUT2D eigenvalue weighted by Gasteiger charge is 2.11. The summed E-state index contributed by atoms with van der Waals surface area (Å²) in [6.07, 6.45) is 1.64. The molecule has 0 aliphatic carbocycles. The third-order valence-electron chi connectivity index (χ3n) is 3.23. The number of aromatic nitrogens is 4. The Morgan fingerprint density at radius 1 is 1.24 bits per heavy atom. The second kappa shape index (κ2) is 5.53. The van der Waals surface area contributed by atoms with Crippen molar-refractivity contribution in [2.75, 3.05) is 14.2 Å². The molecule has 1 N–H and O–H groups in total. The standard InChI is InChI=1S/C14H14N4O2S/c1-19-12-6-10-11(7-13(12)20-2)18(14(21)16-10)8-9-4-3-5-15-17-9/h3-7H,8H2,1-2H3,(H,16,21). The van der Waals surface area contributed by atoms with Crippen molar-refractivity contribution in [3.63, 3.8) is 0 Å². The van der Waals surface area contributed by atoms with E-state index in [4.69, 9.17) is 21.7 Å². The SMILES string of the molecule is COc1cc2[nH]c(=S)n(Cc3cccnn3)c2cc1OC. The molecule has 0 atom stereocenters. The summed E-state index contributed by atoms with van der Waals surface area (Å²) in [6, 6.07) is 7.53. The van der Waals surface area contributed by atoms with Crippen LogP contribution in [0, 0.1) is 4.77 Å². The molecule has 0 bridgehead atoms. The van der Waals surface area contributed by atoms with Crippen LogP contribution in [0.5, 0.6) is 11.5 Å². The molecule has 0 unspecified atom stereocenters. The average molecular weight is 302 g/mol. The number of nitrogens with zero attached hydrogens (tertiary/aromatic N) is 3. The minimum absolute atomic E-state index is 0.544. The Bertz CT molecular complexity index is 826. The number of hydrogen-bond donors (Lipinski definition) is 1. The lowest BCUT2D eigenvalue weighted by atomic mass is 10.2. The average Bonchev–Trinajstić information content (AvgIpc) is 2.82. The minimum Gasteiger partial charge on any atom is -0.493 e. The quantitative estimate of drug-likeness (QED) is 0.750. The normalized spacial score (nSPS) is 10.8. The lowest BCUT2D eigenvalue weighted by molar-refractivity contribution is 0.355. The van der Waals surface area contributed by atoms with Gasteiger partial charge in [0.25, 0.3) is 0 Å². The van der Waals surface area contributed by atoms with Crippen LogP contribution in [0.15, 0.2) is 30.5 Å². The second-order valence-corrected chi connectivity index (χ2v) is 4.84. The van der Waals surface area contributed by atoms with Gasteiger partial charge in [0, 0.05) is 18.3 Å². The maximum atomic E-state index is 5.39. The molecule has 0 saturated carbocycles. The smallest absolute Gasteiger partial charge is 0.178 e. The highest BCUT2D eigenvalue weighted by atomic mass is 32.1. The summed E-state index contributed by atoms with van der Waals surface area (Å²) in [7, 11) is 3.22. The number of hydrogen-bond acceptors (Lipinski definition) is 5. The van der Waals surface area contributed by atoms with Crippen molar-refractivity contribution >= 4 is 23.3 Å². The van der Waals surface area contributed by atoms with Crippen molar-refractivity contribution in [2.45, 2.75) is 6.54 Å². The van der Waals surface area contributed by atoms with Crippen molar-refractivity contribution in [3.05, 3.63) is 40.9 Å². The van der Waals surface area contributed by atoms with Crippen LogP contribution in [0.25, 0.3) is 11.0 Å². The summed E-state index contributed by atoms with van der Waals surface area (Å²) in [5, 5.41) is 7.97. The molecular weight excluding hydrogens is 288 g/mol. The predicted octanol–water partition coefficient (Wildman–Crippen LogP) is 2.55. The molecule has 108 valence electrons. The number of aromatic amines is 1. The molecule has 3 rings (SSSR count). The fraction of sp³-hybridized carbons (Fsp3) is 0.214. The lowest BCUT2D eigenvalue weighted by Gasteiger charge is -2.09. The number of methoxy groups -OCH3 is 2. The van der Waals surface area contributed by atoms with E-state index in [0.29, 0.717) is 22.8 Å². The first-order chi connectivity index (χ1) is 10.2. The largest absolute Gasteiger partial charge is 0.493 e. The number of ether oxygens (including phenoxy) is 2. The molecule has 7 heteroatoms. The van der Waals surface area contributed by atoms with Gasteiger partial charge in [0.05, 0.1) is 37.5 Å². The van der Waals surface area contributed by atoms with Crippen molar-refractivity contribution < 1.29 is 9.47 Å². The molecule has 0 aliphatic heterocycles. The molecule has 0 saturated heterocycles. The monoisotopic (exact) mass is 302 g/mol. The second-order valence-electron chi connectivity index (χ2n) is 4.46. The van der Waals surface area contributed by atoms with Crippen LogP contribution in [0.4, 0.5) is 0 Å². The Morgan fingerprint density at radius 3 is 2.67 bits per heavy atom. The van der Waals surface area contributed by atoms with E-state index in [1.54, 1.807) is 20.4 Å². The van der Waals surface area contributed by atoms with Gasteiger partial charge in [-0.05, 0) is 24.4 Å². The first-order valence-electron chi connectivity index (χ1n) is 6.34. The predicted molar refractivity (Wildman–Crippen MR) is 81.4 cm³/mol. The van der Waals surface area contributed by atoms with Gasteiger partial charge in [-0.1, -0.05) is 0 Å². The van der Waals surface area contributed by atoms with Gasteiger partial charge < -0.3 is 19.0 Å². The lowest BCUT2D eigenvalue weighted by Crippen LogP contribution is -2.02. The van der Waals surface area contributed by atoms with Gasteiger partial charge in [-0.15, -0.1) is 0 Å². The van der Waals surface area contributed by atoms with Crippen molar-refractivity contribution in [3.8, 4) is 11.5 Å². The number of benzene rings is 1. The molecule has 3 aromatic rings. The summed E-state index contributed by atoms with van der Waals surface area (Å²) in [4.78, 5) is 3.17. The van der Waals surface area contributed by atoms with Crippen molar-refractivity contribution in [1.29, 1.82) is 0 Å². The zero-order valence-electron chi connectivity index (χ0n) is 11.7. The molecule has 0 fully saturated rings. The third kappa shape index (κ3) is 2.47. The Balaban J connectivity index is 2.14. The van der Waals surface area contributed by atoms with E-state index in [1.807, 2.05) is 28.8 Å². The van der Waals surface area contributed by atoms with Crippen LogP contribution < -0.4 is 9.47 Å². The Labute approximate surface area is 126 Å². The summed E-state index contributed by atoms with van der Waals surface area (Å²) in [5.41, 5.74) is 2.66. The summed E-state index contributed by atoms with van der Waals surface area (Å²) in [6.45, 7) is 0.544. The molecule has 0 amide bonds. The first-order valence-corrected chi connectivity index (χ1v) is 6.75.